The summed E-state index contributed by atoms with van der Waals surface area (Å²) in [6, 6.07) is 11.0. The molecule has 0 bridgehead atoms. The normalized spacial score (nSPS) is 12.7. The van der Waals surface area contributed by atoms with Crippen LogP contribution in [0.2, 0.25) is 0 Å². The Morgan fingerprint density at radius 2 is 1.38 bits per heavy atom. The number of hydrogen-bond donors (Lipinski definition) is 0. The van der Waals surface area contributed by atoms with Gasteiger partial charge in [0.1, 0.15) is 11.9 Å². The molecule has 2 rings (SSSR count). The van der Waals surface area contributed by atoms with Gasteiger partial charge < -0.3 is 4.74 Å². The van der Waals surface area contributed by atoms with Crippen LogP contribution in [0.3, 0.4) is 0 Å². The Morgan fingerprint density at radius 1 is 0.769 bits per heavy atom. The molecule has 1 heteroatoms. The molecule has 1 atom stereocenters. The molecule has 0 aliphatic rings. The molecule has 0 radical (unpaired) electrons. The Bertz CT molecular complexity index is 740. The van der Waals surface area contributed by atoms with E-state index < -0.39 is 0 Å². The van der Waals surface area contributed by atoms with Crippen molar-refractivity contribution in [1.82, 2.24) is 0 Å². The molecule has 1 nitrogen and oxygen atoms in total. The maximum atomic E-state index is 6.57. The highest BCUT2D eigenvalue weighted by Gasteiger charge is 2.18. The van der Waals surface area contributed by atoms with Gasteiger partial charge in [-0.2, -0.15) is 0 Å². The van der Waals surface area contributed by atoms with E-state index in [1.54, 1.807) is 0 Å². The molecule has 0 saturated carbocycles. The van der Waals surface area contributed by atoms with Crippen molar-refractivity contribution in [3.05, 3.63) is 63.7 Å². The Kier molecular flexibility index (Phi) is 6.92. The highest BCUT2D eigenvalue weighted by atomic mass is 16.5. The van der Waals surface area contributed by atoms with E-state index in [1.165, 1.54) is 33.4 Å². The highest BCUT2D eigenvalue weighted by Crippen LogP contribution is 2.33. The fraction of sp³-hybridized carbons (Fsp3) is 0.520. The van der Waals surface area contributed by atoms with Gasteiger partial charge >= 0.3 is 0 Å². The molecule has 0 saturated heterocycles. The second-order valence-electron chi connectivity index (χ2n) is 8.59. The van der Waals surface area contributed by atoms with Gasteiger partial charge in [-0.25, -0.2) is 0 Å². The number of hydrogen-bond acceptors (Lipinski definition) is 1. The van der Waals surface area contributed by atoms with Gasteiger partial charge in [0.15, 0.2) is 0 Å². The first-order chi connectivity index (χ1) is 12.2. The fourth-order valence-electron chi connectivity index (χ4n) is 3.84. The van der Waals surface area contributed by atoms with Crippen LogP contribution in [-0.4, -0.2) is 0 Å². The van der Waals surface area contributed by atoms with Crippen molar-refractivity contribution in [1.29, 1.82) is 0 Å². The quantitative estimate of drug-likeness (QED) is 0.514. The number of rotatable bonds is 7. The monoisotopic (exact) mass is 352 g/mol. The van der Waals surface area contributed by atoms with Gasteiger partial charge in [0.05, 0.1) is 0 Å². The summed E-state index contributed by atoms with van der Waals surface area (Å²) in [6.45, 7) is 17.9. The van der Waals surface area contributed by atoms with Crippen LogP contribution < -0.4 is 4.74 Å². The number of ether oxygens (including phenoxy) is 1. The molecule has 2 aromatic carbocycles. The Morgan fingerprint density at radius 3 is 2.00 bits per heavy atom. The third kappa shape index (κ3) is 4.90. The molecule has 0 amide bonds. The zero-order chi connectivity index (χ0) is 19.4. The Hall–Kier alpha value is -1.76. The summed E-state index contributed by atoms with van der Waals surface area (Å²) in [5.41, 5.74) is 8.15. The standard InChI is InChI=1S/C25H36O/c1-16(2)14-22-10-9-11-24(23(22)15-17(3)4)26-21(8)25-19(6)13-12-18(5)20(25)7/h9-13,16-17,21H,14-15H2,1-8H3. The zero-order valence-electron chi connectivity index (χ0n) is 17.9. The minimum Gasteiger partial charge on any atom is -0.486 e. The van der Waals surface area contributed by atoms with E-state index in [0.29, 0.717) is 11.8 Å². The summed E-state index contributed by atoms with van der Waals surface area (Å²) < 4.78 is 6.57. The first-order valence-corrected chi connectivity index (χ1v) is 10.0. The molecule has 2 aromatic rings. The number of aryl methyl sites for hydroxylation is 2. The van der Waals surface area contributed by atoms with Gasteiger partial charge in [-0.3, -0.25) is 0 Å². The summed E-state index contributed by atoms with van der Waals surface area (Å²) >= 11 is 0. The molecule has 1 unspecified atom stereocenters. The SMILES string of the molecule is Cc1ccc(C)c(C(C)Oc2cccc(CC(C)C)c2CC(C)C)c1C. The largest absolute Gasteiger partial charge is 0.486 e. The van der Waals surface area contributed by atoms with Crippen LogP contribution in [0.15, 0.2) is 30.3 Å². The van der Waals surface area contributed by atoms with Crippen LogP contribution in [-0.2, 0) is 12.8 Å². The van der Waals surface area contributed by atoms with Crippen LogP contribution in [0, 0.1) is 32.6 Å². The average Bonchev–Trinajstić information content (AvgIpc) is 2.53. The molecular weight excluding hydrogens is 316 g/mol. The van der Waals surface area contributed by atoms with E-state index >= 15 is 0 Å². The summed E-state index contributed by atoms with van der Waals surface area (Å²) in [5.74, 6) is 2.32. The van der Waals surface area contributed by atoms with E-state index in [1.807, 2.05) is 0 Å². The third-order valence-corrected chi connectivity index (χ3v) is 5.18. The minimum absolute atomic E-state index is 0.0510. The first kappa shape index (κ1) is 20.6. The molecule has 0 fully saturated rings. The summed E-state index contributed by atoms with van der Waals surface area (Å²) in [5, 5.41) is 0. The predicted molar refractivity (Wildman–Crippen MR) is 113 cm³/mol. The number of benzene rings is 2. The second-order valence-corrected chi connectivity index (χ2v) is 8.59. The van der Waals surface area contributed by atoms with E-state index in [9.17, 15) is 0 Å². The molecular formula is C25H36O. The van der Waals surface area contributed by atoms with E-state index in [4.69, 9.17) is 4.74 Å². The topological polar surface area (TPSA) is 9.23 Å². The predicted octanol–water partition coefficient (Wildman–Crippen LogP) is 7.15. The molecule has 26 heavy (non-hydrogen) atoms. The lowest BCUT2D eigenvalue weighted by atomic mass is 9.91. The van der Waals surface area contributed by atoms with Gasteiger partial charge in [-0.05, 0) is 91.8 Å². The summed E-state index contributed by atoms with van der Waals surface area (Å²) in [4.78, 5) is 0. The lowest BCUT2D eigenvalue weighted by molar-refractivity contribution is 0.222. The van der Waals surface area contributed by atoms with Gasteiger partial charge in [-0.1, -0.05) is 52.0 Å². The summed E-state index contributed by atoms with van der Waals surface area (Å²) in [7, 11) is 0. The smallest absolute Gasteiger partial charge is 0.123 e. The molecule has 142 valence electrons. The highest BCUT2D eigenvalue weighted by molar-refractivity contribution is 5.44. The molecule has 0 spiro atoms. The van der Waals surface area contributed by atoms with Crippen LogP contribution in [0.4, 0.5) is 0 Å². The van der Waals surface area contributed by atoms with Crippen LogP contribution in [0.5, 0.6) is 5.75 Å². The average molecular weight is 353 g/mol. The van der Waals surface area contributed by atoms with Crippen molar-refractivity contribution < 1.29 is 4.74 Å². The van der Waals surface area contributed by atoms with Crippen LogP contribution >= 0.6 is 0 Å². The van der Waals surface area contributed by atoms with Crippen molar-refractivity contribution in [3.63, 3.8) is 0 Å². The Labute approximate surface area is 160 Å². The fourth-order valence-corrected chi connectivity index (χ4v) is 3.84. The van der Waals surface area contributed by atoms with Crippen molar-refractivity contribution in [2.24, 2.45) is 11.8 Å². The second kappa shape index (κ2) is 8.75. The van der Waals surface area contributed by atoms with Crippen molar-refractivity contribution >= 4 is 0 Å². The van der Waals surface area contributed by atoms with E-state index in [-0.39, 0.29) is 6.10 Å². The lowest BCUT2D eigenvalue weighted by Crippen LogP contribution is -2.11. The van der Waals surface area contributed by atoms with E-state index in [2.05, 4.69) is 85.7 Å². The van der Waals surface area contributed by atoms with Gasteiger partial charge in [-0.15, -0.1) is 0 Å². The van der Waals surface area contributed by atoms with Crippen LogP contribution in [0.25, 0.3) is 0 Å². The molecule has 0 N–H and O–H groups in total. The van der Waals surface area contributed by atoms with Gasteiger partial charge in [0.2, 0.25) is 0 Å². The van der Waals surface area contributed by atoms with E-state index in [0.717, 1.165) is 18.6 Å². The molecule has 0 aliphatic carbocycles. The zero-order valence-corrected chi connectivity index (χ0v) is 17.9. The van der Waals surface area contributed by atoms with Crippen molar-refractivity contribution in [3.8, 4) is 5.75 Å². The molecule has 0 aliphatic heterocycles. The Balaban J connectivity index is 2.41. The van der Waals surface area contributed by atoms with Crippen LogP contribution in [0.1, 0.15) is 74.1 Å². The van der Waals surface area contributed by atoms with Crippen molar-refractivity contribution in [2.75, 3.05) is 0 Å². The first-order valence-electron chi connectivity index (χ1n) is 10.0. The van der Waals surface area contributed by atoms with Gasteiger partial charge in [0, 0.05) is 0 Å². The van der Waals surface area contributed by atoms with Gasteiger partial charge in [0.25, 0.3) is 0 Å². The summed E-state index contributed by atoms with van der Waals surface area (Å²) in [6.07, 6.45) is 2.22. The third-order valence-electron chi connectivity index (χ3n) is 5.18. The molecule has 0 aromatic heterocycles. The van der Waals surface area contributed by atoms with Crippen molar-refractivity contribution in [2.45, 2.75) is 74.3 Å². The lowest BCUT2D eigenvalue weighted by Gasteiger charge is -2.24. The maximum absolute atomic E-state index is 6.57. The maximum Gasteiger partial charge on any atom is 0.123 e. The minimum atomic E-state index is 0.0510. The molecule has 0 heterocycles.